The van der Waals surface area contributed by atoms with E-state index in [4.69, 9.17) is 5.11 Å². The summed E-state index contributed by atoms with van der Waals surface area (Å²) in [6, 6.07) is 0. The van der Waals surface area contributed by atoms with Crippen LogP contribution in [0.5, 0.6) is 0 Å². The molecule has 2 aliphatic carbocycles. The summed E-state index contributed by atoms with van der Waals surface area (Å²) in [5.74, 6) is 0.535. The maximum Gasteiger partial charge on any atom is 0.303 e. The van der Waals surface area contributed by atoms with Gasteiger partial charge in [0.2, 0.25) is 0 Å². The number of aliphatic carboxylic acids is 1. The molecule has 0 aromatic rings. The minimum Gasteiger partial charge on any atom is -0.481 e. The highest BCUT2D eigenvalue weighted by Crippen LogP contribution is 2.40. The van der Waals surface area contributed by atoms with Gasteiger partial charge in [-0.2, -0.15) is 0 Å². The molecule has 0 heterocycles. The Labute approximate surface area is 85.0 Å². The van der Waals surface area contributed by atoms with Gasteiger partial charge in [0.15, 0.2) is 0 Å². The summed E-state index contributed by atoms with van der Waals surface area (Å²) in [7, 11) is 0. The summed E-state index contributed by atoms with van der Waals surface area (Å²) in [6.45, 7) is 0. The second kappa shape index (κ2) is 4.16. The number of carboxylic acid groups (broad SMARTS) is 1. The van der Waals surface area contributed by atoms with Crippen LogP contribution in [-0.2, 0) is 4.79 Å². The number of rotatable bonds is 2. The summed E-state index contributed by atoms with van der Waals surface area (Å²) >= 11 is 0. The lowest BCUT2D eigenvalue weighted by atomic mass is 9.72. The molecule has 0 spiro atoms. The van der Waals surface area contributed by atoms with E-state index >= 15 is 0 Å². The van der Waals surface area contributed by atoms with Gasteiger partial charge in [0, 0.05) is 6.42 Å². The zero-order valence-electron chi connectivity index (χ0n) is 8.54. The molecule has 2 atom stereocenters. The lowest BCUT2D eigenvalue weighted by Gasteiger charge is -2.33. The summed E-state index contributed by atoms with van der Waals surface area (Å²) in [5.41, 5.74) is 1.62. The molecule has 2 nitrogen and oxygen atoms in total. The van der Waals surface area contributed by atoms with Crippen molar-refractivity contribution in [3.63, 3.8) is 0 Å². The summed E-state index contributed by atoms with van der Waals surface area (Å²) in [6.07, 6.45) is 9.98. The van der Waals surface area contributed by atoms with Crippen LogP contribution in [0.1, 0.15) is 44.9 Å². The normalized spacial score (nSPS) is 31.9. The van der Waals surface area contributed by atoms with E-state index in [-0.39, 0.29) is 0 Å². The summed E-state index contributed by atoms with van der Waals surface area (Å²) in [5, 5.41) is 8.75. The molecular formula is C12H18O2. The van der Waals surface area contributed by atoms with Crippen molar-refractivity contribution in [1.82, 2.24) is 0 Å². The third-order valence-electron chi connectivity index (χ3n) is 3.61. The van der Waals surface area contributed by atoms with Gasteiger partial charge in [-0.15, -0.1) is 0 Å². The minimum atomic E-state index is -0.627. The number of fused-ring (bicyclic) bond motifs is 1. The van der Waals surface area contributed by atoms with Crippen molar-refractivity contribution in [2.45, 2.75) is 44.9 Å². The first-order valence-corrected chi connectivity index (χ1v) is 5.66. The van der Waals surface area contributed by atoms with Crippen LogP contribution in [0.2, 0.25) is 0 Å². The first-order valence-electron chi connectivity index (χ1n) is 5.66. The fourth-order valence-corrected chi connectivity index (χ4v) is 2.90. The molecule has 2 aliphatic rings. The van der Waals surface area contributed by atoms with Crippen molar-refractivity contribution >= 4 is 5.97 Å². The molecule has 14 heavy (non-hydrogen) atoms. The molecule has 0 aromatic heterocycles. The van der Waals surface area contributed by atoms with Gasteiger partial charge >= 0.3 is 5.97 Å². The summed E-state index contributed by atoms with van der Waals surface area (Å²) < 4.78 is 0. The van der Waals surface area contributed by atoms with Crippen LogP contribution in [-0.4, -0.2) is 11.1 Å². The smallest absolute Gasteiger partial charge is 0.303 e. The Morgan fingerprint density at radius 2 is 2.36 bits per heavy atom. The molecule has 2 rings (SSSR count). The Bertz CT molecular complexity index is 255. The van der Waals surface area contributed by atoms with Crippen molar-refractivity contribution in [2.75, 3.05) is 0 Å². The number of carbonyl (C=O) groups is 1. The molecule has 2 heteroatoms. The highest BCUT2D eigenvalue weighted by Gasteiger charge is 2.27. The van der Waals surface area contributed by atoms with Crippen LogP contribution >= 0.6 is 0 Å². The molecule has 1 fully saturated rings. The largest absolute Gasteiger partial charge is 0.481 e. The first-order chi connectivity index (χ1) is 6.75. The van der Waals surface area contributed by atoms with Crippen LogP contribution in [0.25, 0.3) is 0 Å². The number of hydrogen-bond acceptors (Lipinski definition) is 1. The van der Waals surface area contributed by atoms with Gasteiger partial charge < -0.3 is 5.11 Å². The van der Waals surface area contributed by atoms with Crippen molar-refractivity contribution in [1.29, 1.82) is 0 Å². The Morgan fingerprint density at radius 3 is 3.14 bits per heavy atom. The van der Waals surface area contributed by atoms with E-state index < -0.39 is 5.97 Å². The van der Waals surface area contributed by atoms with Crippen molar-refractivity contribution in [3.05, 3.63) is 11.6 Å². The van der Waals surface area contributed by atoms with E-state index in [0.717, 1.165) is 25.2 Å². The van der Waals surface area contributed by atoms with Crippen LogP contribution in [0.15, 0.2) is 11.6 Å². The van der Waals surface area contributed by atoms with Gasteiger partial charge in [0.25, 0.3) is 0 Å². The van der Waals surface area contributed by atoms with E-state index in [0.29, 0.717) is 12.3 Å². The van der Waals surface area contributed by atoms with E-state index in [1.807, 2.05) is 0 Å². The Balaban J connectivity index is 1.93. The molecule has 1 N–H and O–H groups in total. The molecule has 0 aromatic carbocycles. The molecule has 0 radical (unpaired) electrons. The van der Waals surface area contributed by atoms with E-state index in [2.05, 4.69) is 6.08 Å². The van der Waals surface area contributed by atoms with Gasteiger partial charge in [0.1, 0.15) is 0 Å². The average Bonchev–Trinajstić information content (AvgIpc) is 2.17. The minimum absolute atomic E-state index is 0.379. The number of carboxylic acids is 1. The maximum absolute atomic E-state index is 10.6. The monoisotopic (exact) mass is 194 g/mol. The van der Waals surface area contributed by atoms with E-state index in [1.54, 1.807) is 5.57 Å². The van der Waals surface area contributed by atoms with E-state index in [1.165, 1.54) is 19.3 Å². The zero-order valence-corrected chi connectivity index (χ0v) is 8.54. The number of allylic oxidation sites excluding steroid dienone is 2. The highest BCUT2D eigenvalue weighted by atomic mass is 16.4. The van der Waals surface area contributed by atoms with Crippen molar-refractivity contribution < 1.29 is 9.90 Å². The quantitative estimate of drug-likeness (QED) is 0.686. The van der Waals surface area contributed by atoms with Gasteiger partial charge in [-0.1, -0.05) is 11.6 Å². The lowest BCUT2D eigenvalue weighted by Crippen LogP contribution is -2.22. The fraction of sp³-hybridized carbons (Fsp3) is 0.750. The molecule has 0 aliphatic heterocycles. The van der Waals surface area contributed by atoms with Crippen LogP contribution in [0, 0.1) is 11.8 Å². The number of hydrogen-bond donors (Lipinski definition) is 1. The SMILES string of the molecule is O=C(O)CC1CCC2=CCCCC2C1. The van der Waals surface area contributed by atoms with Crippen LogP contribution < -0.4 is 0 Å². The molecule has 78 valence electrons. The lowest BCUT2D eigenvalue weighted by molar-refractivity contribution is -0.138. The topological polar surface area (TPSA) is 37.3 Å². The predicted octanol–water partition coefficient (Wildman–Crippen LogP) is 2.99. The highest BCUT2D eigenvalue weighted by molar-refractivity contribution is 5.67. The van der Waals surface area contributed by atoms with Crippen LogP contribution in [0.3, 0.4) is 0 Å². The molecule has 0 bridgehead atoms. The molecular weight excluding hydrogens is 176 g/mol. The molecule has 1 saturated carbocycles. The predicted molar refractivity (Wildman–Crippen MR) is 55.0 cm³/mol. The van der Waals surface area contributed by atoms with Crippen molar-refractivity contribution in [2.24, 2.45) is 11.8 Å². The fourth-order valence-electron chi connectivity index (χ4n) is 2.90. The average molecular weight is 194 g/mol. The second-order valence-corrected chi connectivity index (χ2v) is 4.65. The third kappa shape index (κ3) is 2.17. The van der Waals surface area contributed by atoms with Gasteiger partial charge in [-0.3, -0.25) is 4.79 Å². The van der Waals surface area contributed by atoms with Crippen LogP contribution in [0.4, 0.5) is 0 Å². The van der Waals surface area contributed by atoms with Gasteiger partial charge in [0.05, 0.1) is 0 Å². The van der Waals surface area contributed by atoms with Gasteiger partial charge in [-0.25, -0.2) is 0 Å². The third-order valence-corrected chi connectivity index (χ3v) is 3.61. The Hall–Kier alpha value is -0.790. The Kier molecular flexibility index (Phi) is 2.90. The standard InChI is InChI=1S/C12H18O2/c13-12(14)8-9-5-6-10-3-1-2-4-11(10)7-9/h3,9,11H,1-2,4-8H2,(H,13,14). The Morgan fingerprint density at radius 1 is 1.50 bits per heavy atom. The van der Waals surface area contributed by atoms with E-state index in [9.17, 15) is 4.79 Å². The molecule has 2 unspecified atom stereocenters. The van der Waals surface area contributed by atoms with Crippen molar-refractivity contribution in [3.8, 4) is 0 Å². The zero-order chi connectivity index (χ0) is 9.97. The summed E-state index contributed by atoms with van der Waals surface area (Å²) in [4.78, 5) is 10.6. The van der Waals surface area contributed by atoms with Gasteiger partial charge in [-0.05, 0) is 50.4 Å². The first kappa shape index (κ1) is 9.75. The maximum atomic E-state index is 10.6. The molecule has 0 amide bonds. The second-order valence-electron chi connectivity index (χ2n) is 4.65. The molecule has 0 saturated heterocycles.